The van der Waals surface area contributed by atoms with Crippen LogP contribution in [0.4, 0.5) is 5.69 Å². The maximum Gasteiger partial charge on any atom is 0.221 e. The third kappa shape index (κ3) is 5.06. The van der Waals surface area contributed by atoms with Crippen molar-refractivity contribution in [3.05, 3.63) is 36.4 Å². The fraction of sp³-hybridized carbons (Fsp3) is 0.421. The summed E-state index contributed by atoms with van der Waals surface area (Å²) in [4.78, 5) is 11.1. The van der Waals surface area contributed by atoms with Crippen molar-refractivity contribution < 1.29 is 9.53 Å². The second-order valence-corrected chi connectivity index (χ2v) is 5.67. The highest BCUT2D eigenvalue weighted by molar-refractivity contribution is 5.93. The van der Waals surface area contributed by atoms with Crippen molar-refractivity contribution in [1.29, 1.82) is 0 Å². The largest absolute Gasteiger partial charge is 0.494 e. The van der Waals surface area contributed by atoms with Crippen molar-refractivity contribution in [2.24, 2.45) is 0 Å². The van der Waals surface area contributed by atoms with Crippen LogP contribution >= 0.6 is 0 Å². The summed E-state index contributed by atoms with van der Waals surface area (Å²) in [7, 11) is 0. The molecule has 3 nitrogen and oxygen atoms in total. The molecule has 0 atom stereocenters. The van der Waals surface area contributed by atoms with E-state index in [0.717, 1.165) is 35.2 Å². The first-order valence-corrected chi connectivity index (χ1v) is 8.13. The van der Waals surface area contributed by atoms with Gasteiger partial charge in [-0.3, -0.25) is 4.79 Å². The Morgan fingerprint density at radius 3 is 2.50 bits per heavy atom. The number of carbonyl (C=O) groups is 1. The Morgan fingerprint density at radius 1 is 1.00 bits per heavy atom. The SMILES string of the molecule is CCCCCCCOc1ccc2cc(NC(C)=O)ccc2c1. The summed E-state index contributed by atoms with van der Waals surface area (Å²) in [6.07, 6.45) is 6.23. The molecule has 0 aliphatic heterocycles. The molecule has 0 saturated carbocycles. The minimum absolute atomic E-state index is 0.0534. The normalized spacial score (nSPS) is 10.6. The van der Waals surface area contributed by atoms with Crippen LogP contribution in [0, 0.1) is 0 Å². The number of carbonyl (C=O) groups excluding carboxylic acids is 1. The molecular formula is C19H25NO2. The predicted octanol–water partition coefficient (Wildman–Crippen LogP) is 5.15. The van der Waals surface area contributed by atoms with Gasteiger partial charge in [-0.25, -0.2) is 0 Å². The average Bonchev–Trinajstić information content (AvgIpc) is 2.50. The molecule has 0 unspecified atom stereocenters. The maximum atomic E-state index is 11.1. The Labute approximate surface area is 132 Å². The Balaban J connectivity index is 1.91. The lowest BCUT2D eigenvalue weighted by molar-refractivity contribution is -0.114. The lowest BCUT2D eigenvalue weighted by Crippen LogP contribution is -2.05. The molecule has 0 bridgehead atoms. The Morgan fingerprint density at radius 2 is 1.73 bits per heavy atom. The Kier molecular flexibility index (Phi) is 6.26. The van der Waals surface area contributed by atoms with Crippen LogP contribution in [0.25, 0.3) is 10.8 Å². The lowest BCUT2D eigenvalue weighted by Gasteiger charge is -2.08. The van der Waals surface area contributed by atoms with Gasteiger partial charge in [0, 0.05) is 12.6 Å². The number of rotatable bonds is 8. The quantitative estimate of drug-likeness (QED) is 0.685. The van der Waals surface area contributed by atoms with Gasteiger partial charge < -0.3 is 10.1 Å². The molecule has 22 heavy (non-hydrogen) atoms. The lowest BCUT2D eigenvalue weighted by atomic mass is 10.1. The van der Waals surface area contributed by atoms with Gasteiger partial charge in [0.1, 0.15) is 5.75 Å². The minimum atomic E-state index is -0.0534. The molecule has 0 fully saturated rings. The minimum Gasteiger partial charge on any atom is -0.494 e. The topological polar surface area (TPSA) is 38.3 Å². The Hall–Kier alpha value is -2.03. The molecule has 0 aliphatic carbocycles. The zero-order chi connectivity index (χ0) is 15.8. The van der Waals surface area contributed by atoms with E-state index in [1.54, 1.807) is 0 Å². The molecule has 2 aromatic carbocycles. The van der Waals surface area contributed by atoms with E-state index >= 15 is 0 Å². The summed E-state index contributed by atoms with van der Waals surface area (Å²) in [6, 6.07) is 12.0. The van der Waals surface area contributed by atoms with Gasteiger partial charge in [0.05, 0.1) is 6.61 Å². The molecular weight excluding hydrogens is 274 g/mol. The zero-order valence-corrected chi connectivity index (χ0v) is 13.5. The van der Waals surface area contributed by atoms with Crippen molar-refractivity contribution in [3.63, 3.8) is 0 Å². The summed E-state index contributed by atoms with van der Waals surface area (Å²) < 4.78 is 5.82. The van der Waals surface area contributed by atoms with Gasteiger partial charge in [0.25, 0.3) is 0 Å². The summed E-state index contributed by atoms with van der Waals surface area (Å²) in [5, 5.41) is 5.02. The van der Waals surface area contributed by atoms with Crippen LogP contribution in [0.2, 0.25) is 0 Å². The fourth-order valence-corrected chi connectivity index (χ4v) is 2.49. The van der Waals surface area contributed by atoms with Crippen LogP contribution in [-0.4, -0.2) is 12.5 Å². The molecule has 3 heteroatoms. The van der Waals surface area contributed by atoms with Crippen molar-refractivity contribution in [2.75, 3.05) is 11.9 Å². The van der Waals surface area contributed by atoms with Crippen molar-refractivity contribution in [3.8, 4) is 5.75 Å². The van der Waals surface area contributed by atoms with Gasteiger partial charge in [0.2, 0.25) is 5.91 Å². The highest BCUT2D eigenvalue weighted by Crippen LogP contribution is 2.24. The highest BCUT2D eigenvalue weighted by Gasteiger charge is 2.01. The third-order valence-electron chi connectivity index (χ3n) is 3.65. The number of hydrogen-bond donors (Lipinski definition) is 1. The molecule has 0 aliphatic rings. The van der Waals surface area contributed by atoms with Crippen LogP contribution in [0.3, 0.4) is 0 Å². The summed E-state index contributed by atoms with van der Waals surface area (Å²) in [5.41, 5.74) is 0.824. The van der Waals surface area contributed by atoms with E-state index < -0.39 is 0 Å². The molecule has 0 radical (unpaired) electrons. The number of unbranched alkanes of at least 4 members (excludes halogenated alkanes) is 4. The van der Waals surface area contributed by atoms with E-state index in [1.165, 1.54) is 32.6 Å². The Bertz CT molecular complexity index is 622. The molecule has 2 aromatic rings. The fourth-order valence-electron chi connectivity index (χ4n) is 2.49. The number of fused-ring (bicyclic) bond motifs is 1. The summed E-state index contributed by atoms with van der Waals surface area (Å²) in [6.45, 7) is 4.52. The van der Waals surface area contributed by atoms with Gasteiger partial charge in [-0.15, -0.1) is 0 Å². The molecule has 0 spiro atoms. The van der Waals surface area contributed by atoms with E-state index in [9.17, 15) is 4.79 Å². The number of ether oxygens (including phenoxy) is 1. The van der Waals surface area contributed by atoms with Gasteiger partial charge in [-0.1, -0.05) is 44.7 Å². The summed E-state index contributed by atoms with van der Waals surface area (Å²) in [5.74, 6) is 0.859. The molecule has 0 saturated heterocycles. The number of anilines is 1. The second-order valence-electron chi connectivity index (χ2n) is 5.67. The van der Waals surface area contributed by atoms with Crippen LogP contribution in [0.1, 0.15) is 46.0 Å². The maximum absolute atomic E-state index is 11.1. The third-order valence-corrected chi connectivity index (χ3v) is 3.65. The molecule has 1 N–H and O–H groups in total. The first-order chi connectivity index (χ1) is 10.7. The smallest absolute Gasteiger partial charge is 0.221 e. The van der Waals surface area contributed by atoms with Crippen LogP contribution in [-0.2, 0) is 4.79 Å². The monoisotopic (exact) mass is 299 g/mol. The van der Waals surface area contributed by atoms with E-state index in [4.69, 9.17) is 4.74 Å². The number of hydrogen-bond acceptors (Lipinski definition) is 2. The van der Waals surface area contributed by atoms with Gasteiger partial charge in [-0.05, 0) is 41.5 Å². The van der Waals surface area contributed by atoms with Gasteiger partial charge in [0.15, 0.2) is 0 Å². The van der Waals surface area contributed by atoms with Crippen LogP contribution in [0.5, 0.6) is 5.75 Å². The summed E-state index contributed by atoms with van der Waals surface area (Å²) >= 11 is 0. The number of amides is 1. The van der Waals surface area contributed by atoms with Crippen LogP contribution in [0.15, 0.2) is 36.4 Å². The highest BCUT2D eigenvalue weighted by atomic mass is 16.5. The predicted molar refractivity (Wildman–Crippen MR) is 92.5 cm³/mol. The molecule has 1 amide bonds. The molecule has 2 rings (SSSR count). The van der Waals surface area contributed by atoms with Crippen molar-refractivity contribution in [2.45, 2.75) is 46.0 Å². The van der Waals surface area contributed by atoms with E-state index in [-0.39, 0.29) is 5.91 Å². The first-order valence-electron chi connectivity index (χ1n) is 8.13. The van der Waals surface area contributed by atoms with Crippen molar-refractivity contribution in [1.82, 2.24) is 0 Å². The molecule has 0 heterocycles. The van der Waals surface area contributed by atoms with Crippen LogP contribution < -0.4 is 10.1 Å². The zero-order valence-electron chi connectivity index (χ0n) is 13.5. The van der Waals surface area contributed by atoms with E-state index in [0.29, 0.717) is 0 Å². The standard InChI is InChI=1S/C19H25NO2/c1-3-4-5-6-7-12-22-19-11-9-16-13-18(20-15(2)21)10-8-17(16)14-19/h8-11,13-14H,3-7,12H2,1-2H3,(H,20,21). The average molecular weight is 299 g/mol. The second kappa shape index (κ2) is 8.42. The first kappa shape index (κ1) is 16.3. The molecule has 0 aromatic heterocycles. The number of benzene rings is 2. The van der Waals surface area contributed by atoms with Gasteiger partial charge >= 0.3 is 0 Å². The van der Waals surface area contributed by atoms with Crippen molar-refractivity contribution >= 4 is 22.4 Å². The van der Waals surface area contributed by atoms with Gasteiger partial charge in [-0.2, -0.15) is 0 Å². The molecule has 118 valence electrons. The van der Waals surface area contributed by atoms with E-state index in [2.05, 4.69) is 18.3 Å². The van der Waals surface area contributed by atoms with E-state index in [1.807, 2.05) is 30.3 Å². The number of nitrogens with one attached hydrogen (secondary N) is 1.